The lowest BCUT2D eigenvalue weighted by Gasteiger charge is -2.28. The van der Waals surface area contributed by atoms with Crippen LogP contribution in [0.2, 0.25) is 0 Å². The summed E-state index contributed by atoms with van der Waals surface area (Å²) in [6.07, 6.45) is 4.68. The molecule has 0 radical (unpaired) electrons. The lowest BCUT2D eigenvalue weighted by atomic mass is 9.76. The highest BCUT2D eigenvalue weighted by molar-refractivity contribution is 5.75. The summed E-state index contributed by atoms with van der Waals surface area (Å²) < 4.78 is 0. The first-order valence-corrected chi connectivity index (χ1v) is 6.37. The third-order valence-electron chi connectivity index (χ3n) is 4.28. The van der Waals surface area contributed by atoms with E-state index >= 15 is 0 Å². The van der Waals surface area contributed by atoms with Crippen LogP contribution in [0.5, 0.6) is 0 Å². The van der Waals surface area contributed by atoms with Gasteiger partial charge >= 0.3 is 0 Å². The van der Waals surface area contributed by atoms with Crippen molar-refractivity contribution in [2.24, 2.45) is 5.92 Å². The number of ketones is 1. The Morgan fingerprint density at radius 1 is 1.53 bits per heavy atom. The van der Waals surface area contributed by atoms with E-state index in [2.05, 4.69) is 31.8 Å². The molecule has 0 spiro atoms. The number of rotatable bonds is 3. The first-order valence-electron chi connectivity index (χ1n) is 6.37. The van der Waals surface area contributed by atoms with E-state index in [0.717, 1.165) is 18.5 Å². The molecule has 0 N–H and O–H groups in total. The minimum Gasteiger partial charge on any atom is -0.300 e. The fourth-order valence-corrected chi connectivity index (χ4v) is 3.02. The van der Waals surface area contributed by atoms with Gasteiger partial charge in [-0.1, -0.05) is 13.8 Å². The van der Waals surface area contributed by atoms with Gasteiger partial charge < -0.3 is 4.79 Å². The van der Waals surface area contributed by atoms with Gasteiger partial charge in [0, 0.05) is 18.3 Å². The number of fused-ring (bicyclic) bond motifs is 1. The molecule has 2 rings (SSSR count). The molecule has 0 saturated heterocycles. The Morgan fingerprint density at radius 3 is 2.82 bits per heavy atom. The second-order valence-corrected chi connectivity index (χ2v) is 5.79. The van der Waals surface area contributed by atoms with E-state index in [0.29, 0.717) is 18.1 Å². The molecule has 1 aromatic heterocycles. The standard InChI is InChI=1S/C15H21NO/c1-10(17)5-6-12-9-13-11(2)16-8-7-14(13)15(12,3)4/h7-8,12H,5-6,9H2,1-4H3/t12-/m0/s1. The van der Waals surface area contributed by atoms with Gasteiger partial charge in [-0.05, 0) is 55.2 Å². The van der Waals surface area contributed by atoms with Crippen LogP contribution in [0.3, 0.4) is 0 Å². The number of pyridine rings is 1. The Balaban J connectivity index is 2.26. The number of carbonyl (C=O) groups excluding carboxylic acids is 1. The van der Waals surface area contributed by atoms with Crippen molar-refractivity contribution >= 4 is 5.78 Å². The fraction of sp³-hybridized carbons (Fsp3) is 0.600. The highest BCUT2D eigenvalue weighted by Crippen LogP contribution is 2.45. The molecular weight excluding hydrogens is 210 g/mol. The van der Waals surface area contributed by atoms with Crippen molar-refractivity contribution in [1.29, 1.82) is 0 Å². The third-order valence-corrected chi connectivity index (χ3v) is 4.28. The van der Waals surface area contributed by atoms with Crippen LogP contribution in [0, 0.1) is 12.8 Å². The summed E-state index contributed by atoms with van der Waals surface area (Å²) in [6.45, 7) is 8.36. The number of aromatic nitrogens is 1. The largest absolute Gasteiger partial charge is 0.300 e. The van der Waals surface area contributed by atoms with Crippen molar-refractivity contribution in [2.45, 2.75) is 52.4 Å². The predicted molar refractivity (Wildman–Crippen MR) is 69.1 cm³/mol. The summed E-state index contributed by atoms with van der Waals surface area (Å²) in [6, 6.07) is 2.15. The van der Waals surface area contributed by atoms with Gasteiger partial charge in [-0.25, -0.2) is 0 Å². The van der Waals surface area contributed by atoms with Crippen LogP contribution in [0.15, 0.2) is 12.3 Å². The molecule has 1 atom stereocenters. The van der Waals surface area contributed by atoms with E-state index in [-0.39, 0.29) is 5.41 Å². The molecule has 1 aliphatic carbocycles. The monoisotopic (exact) mass is 231 g/mol. The summed E-state index contributed by atoms with van der Waals surface area (Å²) in [4.78, 5) is 15.5. The van der Waals surface area contributed by atoms with Crippen molar-refractivity contribution in [2.75, 3.05) is 0 Å². The van der Waals surface area contributed by atoms with Crippen molar-refractivity contribution < 1.29 is 4.79 Å². The minimum absolute atomic E-state index is 0.179. The maximum Gasteiger partial charge on any atom is 0.129 e. The summed E-state index contributed by atoms with van der Waals surface area (Å²) >= 11 is 0. The topological polar surface area (TPSA) is 30.0 Å². The molecular formula is C15H21NO. The van der Waals surface area contributed by atoms with Gasteiger partial charge in [0.2, 0.25) is 0 Å². The summed E-state index contributed by atoms with van der Waals surface area (Å²) in [7, 11) is 0. The van der Waals surface area contributed by atoms with E-state index in [1.165, 1.54) is 11.1 Å². The van der Waals surface area contributed by atoms with Crippen molar-refractivity contribution in [3.63, 3.8) is 0 Å². The maximum absolute atomic E-state index is 11.1. The quantitative estimate of drug-likeness (QED) is 0.799. The molecule has 2 nitrogen and oxygen atoms in total. The summed E-state index contributed by atoms with van der Waals surface area (Å²) in [5.41, 5.74) is 4.17. The molecule has 0 bridgehead atoms. The Hall–Kier alpha value is -1.18. The smallest absolute Gasteiger partial charge is 0.129 e. The molecule has 1 heterocycles. The van der Waals surface area contributed by atoms with Crippen LogP contribution in [0.4, 0.5) is 0 Å². The Labute approximate surface area is 103 Å². The van der Waals surface area contributed by atoms with Gasteiger partial charge in [0.15, 0.2) is 0 Å². The minimum atomic E-state index is 0.179. The average molecular weight is 231 g/mol. The lowest BCUT2D eigenvalue weighted by molar-refractivity contribution is -0.117. The van der Waals surface area contributed by atoms with E-state index in [1.807, 2.05) is 6.20 Å². The molecule has 0 unspecified atom stereocenters. The number of hydrogen-bond donors (Lipinski definition) is 0. The van der Waals surface area contributed by atoms with Gasteiger partial charge in [0.1, 0.15) is 5.78 Å². The lowest BCUT2D eigenvalue weighted by Crippen LogP contribution is -2.24. The molecule has 0 aliphatic heterocycles. The van der Waals surface area contributed by atoms with Gasteiger partial charge in [-0.2, -0.15) is 0 Å². The SMILES string of the molecule is CC(=O)CC[C@H]1Cc2c(ccnc2C)C1(C)C. The number of hydrogen-bond acceptors (Lipinski definition) is 2. The van der Waals surface area contributed by atoms with Crippen LogP contribution in [-0.4, -0.2) is 10.8 Å². The third kappa shape index (κ3) is 2.13. The normalized spacial score (nSPS) is 21.3. The number of carbonyl (C=O) groups is 1. The first kappa shape index (κ1) is 12.3. The Bertz CT molecular complexity index is 448. The predicted octanol–water partition coefficient (Wildman–Crippen LogP) is 3.21. The molecule has 17 heavy (non-hydrogen) atoms. The second-order valence-electron chi connectivity index (χ2n) is 5.79. The zero-order chi connectivity index (χ0) is 12.6. The zero-order valence-corrected chi connectivity index (χ0v) is 11.2. The molecule has 92 valence electrons. The van der Waals surface area contributed by atoms with E-state index in [4.69, 9.17) is 0 Å². The average Bonchev–Trinajstić information content (AvgIpc) is 2.50. The van der Waals surface area contributed by atoms with Crippen LogP contribution in [0.1, 0.15) is 50.4 Å². The zero-order valence-electron chi connectivity index (χ0n) is 11.2. The van der Waals surface area contributed by atoms with Gasteiger partial charge in [-0.15, -0.1) is 0 Å². The molecule has 0 aromatic carbocycles. The Kier molecular flexibility index (Phi) is 3.07. The number of nitrogens with zero attached hydrogens (tertiary/aromatic N) is 1. The molecule has 1 aliphatic rings. The molecule has 0 fully saturated rings. The molecule has 0 amide bonds. The Morgan fingerprint density at radius 2 is 2.24 bits per heavy atom. The second kappa shape index (κ2) is 4.25. The molecule has 1 aromatic rings. The van der Waals surface area contributed by atoms with Gasteiger partial charge in [-0.3, -0.25) is 4.98 Å². The molecule has 0 saturated carbocycles. The first-order chi connectivity index (χ1) is 7.93. The van der Waals surface area contributed by atoms with Crippen molar-refractivity contribution in [1.82, 2.24) is 4.98 Å². The summed E-state index contributed by atoms with van der Waals surface area (Å²) in [5.74, 6) is 0.871. The van der Waals surface area contributed by atoms with Crippen LogP contribution < -0.4 is 0 Å². The maximum atomic E-state index is 11.1. The number of Topliss-reactive ketones (excluding diaryl/α,β-unsaturated/α-hetero) is 1. The van der Waals surface area contributed by atoms with Gasteiger partial charge in [0.05, 0.1) is 0 Å². The van der Waals surface area contributed by atoms with Crippen LogP contribution >= 0.6 is 0 Å². The van der Waals surface area contributed by atoms with E-state index in [1.54, 1.807) is 6.92 Å². The highest BCUT2D eigenvalue weighted by atomic mass is 16.1. The van der Waals surface area contributed by atoms with Crippen LogP contribution in [-0.2, 0) is 16.6 Å². The van der Waals surface area contributed by atoms with E-state index < -0.39 is 0 Å². The fourth-order valence-electron chi connectivity index (χ4n) is 3.02. The summed E-state index contributed by atoms with van der Waals surface area (Å²) in [5, 5.41) is 0. The van der Waals surface area contributed by atoms with Gasteiger partial charge in [0.25, 0.3) is 0 Å². The number of aryl methyl sites for hydroxylation is 1. The van der Waals surface area contributed by atoms with Crippen molar-refractivity contribution in [3.8, 4) is 0 Å². The van der Waals surface area contributed by atoms with Crippen LogP contribution in [0.25, 0.3) is 0 Å². The van der Waals surface area contributed by atoms with Crippen molar-refractivity contribution in [3.05, 3.63) is 29.1 Å². The molecule has 2 heteroatoms. The van der Waals surface area contributed by atoms with E-state index in [9.17, 15) is 4.79 Å². The highest BCUT2D eigenvalue weighted by Gasteiger charge is 2.39.